The van der Waals surface area contributed by atoms with Crippen molar-refractivity contribution in [3.8, 4) is 17.2 Å². The number of fused-ring (bicyclic) bond motifs is 2. The Morgan fingerprint density at radius 2 is 1.24 bits per heavy atom. The van der Waals surface area contributed by atoms with E-state index in [-0.39, 0.29) is 37.0 Å². The molecule has 0 radical (unpaired) electrons. The third kappa shape index (κ3) is 18.8. The van der Waals surface area contributed by atoms with Gasteiger partial charge in [-0.3, -0.25) is 14.4 Å². The first-order chi connectivity index (χ1) is 26.4. The molecule has 1 aliphatic heterocycles. The molecule has 1 unspecified atom stereocenters. The van der Waals surface area contributed by atoms with Crippen LogP contribution in [0.4, 0.5) is 0 Å². The molecular formula is C45H69NO8. The molecule has 0 saturated carbocycles. The Labute approximate surface area is 324 Å². The van der Waals surface area contributed by atoms with Crippen LogP contribution in [0.15, 0.2) is 39.5 Å². The summed E-state index contributed by atoms with van der Waals surface area (Å²) in [4.78, 5) is 41.7. The minimum Gasteiger partial charge on any atom is -0.463 e. The molecule has 1 aromatic rings. The van der Waals surface area contributed by atoms with Crippen LogP contribution >= 0.6 is 0 Å². The molecule has 302 valence electrons. The summed E-state index contributed by atoms with van der Waals surface area (Å²) in [6, 6.07) is 7.84. The molecule has 1 aromatic carbocycles. The molecular weight excluding hydrogens is 682 g/mol. The quantitative estimate of drug-likeness (QED) is 0.0266. The Morgan fingerprint density at radius 3 is 1.87 bits per heavy atom. The van der Waals surface area contributed by atoms with E-state index in [1.54, 1.807) is 25.1 Å². The van der Waals surface area contributed by atoms with E-state index in [2.05, 4.69) is 18.8 Å². The summed E-state index contributed by atoms with van der Waals surface area (Å²) in [6.45, 7) is 8.13. The summed E-state index contributed by atoms with van der Waals surface area (Å²) in [5, 5.41) is 0. The van der Waals surface area contributed by atoms with E-state index in [1.165, 1.54) is 121 Å². The van der Waals surface area contributed by atoms with E-state index in [0.717, 1.165) is 19.3 Å². The van der Waals surface area contributed by atoms with Crippen LogP contribution in [0.2, 0.25) is 0 Å². The number of ether oxygens (including phenoxy) is 4. The third-order valence-electron chi connectivity index (χ3n) is 9.93. The van der Waals surface area contributed by atoms with Gasteiger partial charge in [0.2, 0.25) is 0 Å². The first-order valence-electron chi connectivity index (χ1n) is 21.3. The van der Waals surface area contributed by atoms with E-state index in [9.17, 15) is 14.4 Å². The minimum atomic E-state index is -0.459. The molecule has 0 fully saturated rings. The molecule has 1 aliphatic carbocycles. The van der Waals surface area contributed by atoms with E-state index >= 15 is 0 Å². The van der Waals surface area contributed by atoms with E-state index in [1.807, 2.05) is 0 Å². The van der Waals surface area contributed by atoms with Gasteiger partial charge in [-0.1, -0.05) is 129 Å². The number of hydrogen-bond donors (Lipinski definition) is 0. The standard InChI is InChI=1S/C45H69NO8/c1-4-6-8-10-12-14-16-18-20-22-31-50-34-38(51-32-23-21-19-17-15-13-11-9-7-5-2)35-52-43(48)25-24-26-44(49)53-41-30-29-40-45(36(41)3)54-42-33-37(47)27-28-39(42)46-40/h27-30,33,38H,4-26,31-32,34-35H2,1-3H3. The highest BCUT2D eigenvalue weighted by atomic mass is 16.6. The maximum absolute atomic E-state index is 12.7. The highest BCUT2D eigenvalue weighted by Crippen LogP contribution is 2.31. The van der Waals surface area contributed by atoms with Gasteiger partial charge in [0.15, 0.2) is 16.8 Å². The summed E-state index contributed by atoms with van der Waals surface area (Å²) in [7, 11) is 0. The first-order valence-corrected chi connectivity index (χ1v) is 21.3. The molecule has 1 atom stereocenters. The fourth-order valence-corrected chi connectivity index (χ4v) is 6.59. The second-order valence-electron chi connectivity index (χ2n) is 14.8. The molecule has 0 N–H and O–H groups in total. The SMILES string of the molecule is CCCCCCCCCCCCOCC(COC(=O)CCCC(=O)Oc1ccc2nc3ccc(=O)cc-3oc2c1C)OCCCCCCCCCCCC. The van der Waals surface area contributed by atoms with Crippen molar-refractivity contribution < 1.29 is 33.0 Å². The Hall–Kier alpha value is -3.30. The average Bonchev–Trinajstić information content (AvgIpc) is 3.16. The monoisotopic (exact) mass is 752 g/mol. The predicted molar refractivity (Wildman–Crippen MR) is 216 cm³/mol. The lowest BCUT2D eigenvalue weighted by Crippen LogP contribution is -2.28. The number of unbranched alkanes of at least 4 members (excludes halogenated alkanes) is 18. The van der Waals surface area contributed by atoms with Crippen LogP contribution in [0, 0.1) is 6.92 Å². The molecule has 54 heavy (non-hydrogen) atoms. The van der Waals surface area contributed by atoms with E-state index in [4.69, 9.17) is 23.4 Å². The van der Waals surface area contributed by atoms with Crippen LogP contribution in [0.25, 0.3) is 22.6 Å². The normalized spacial score (nSPS) is 12.1. The van der Waals surface area contributed by atoms with Crippen molar-refractivity contribution in [2.75, 3.05) is 26.4 Å². The van der Waals surface area contributed by atoms with Gasteiger partial charge in [0.25, 0.3) is 0 Å². The fraction of sp³-hybridized carbons (Fsp3) is 0.689. The number of aromatic nitrogens is 1. The van der Waals surface area contributed by atoms with Crippen molar-refractivity contribution >= 4 is 23.0 Å². The first kappa shape index (κ1) is 45.1. The highest BCUT2D eigenvalue weighted by Gasteiger charge is 2.17. The van der Waals surface area contributed by atoms with Gasteiger partial charge in [0.1, 0.15) is 29.7 Å². The highest BCUT2D eigenvalue weighted by molar-refractivity contribution is 5.83. The van der Waals surface area contributed by atoms with Crippen LogP contribution in [0.3, 0.4) is 0 Å². The molecule has 2 aliphatic rings. The molecule has 3 rings (SSSR count). The number of carbonyl (C=O) groups excluding carboxylic acids is 2. The van der Waals surface area contributed by atoms with E-state index < -0.39 is 5.97 Å². The van der Waals surface area contributed by atoms with Crippen molar-refractivity contribution in [1.82, 2.24) is 4.98 Å². The van der Waals surface area contributed by atoms with Crippen LogP contribution < -0.4 is 10.2 Å². The number of esters is 2. The van der Waals surface area contributed by atoms with E-state index in [0.29, 0.717) is 60.1 Å². The number of carbonyl (C=O) groups is 2. The van der Waals surface area contributed by atoms with Gasteiger partial charge >= 0.3 is 11.9 Å². The largest absolute Gasteiger partial charge is 0.463 e. The zero-order valence-electron chi connectivity index (χ0n) is 33.8. The summed E-state index contributed by atoms with van der Waals surface area (Å²) in [5.74, 6) is -0.119. The van der Waals surface area contributed by atoms with Gasteiger partial charge in [0, 0.05) is 37.7 Å². The van der Waals surface area contributed by atoms with Crippen LogP contribution in [0.1, 0.15) is 167 Å². The Kier molecular flexibility index (Phi) is 23.5. The Balaban J connectivity index is 1.35. The number of benzene rings is 2. The molecule has 9 nitrogen and oxygen atoms in total. The molecule has 0 bridgehead atoms. The lowest BCUT2D eigenvalue weighted by molar-refractivity contribution is -0.150. The molecule has 0 spiro atoms. The van der Waals surface area contributed by atoms with Crippen molar-refractivity contribution in [1.29, 1.82) is 0 Å². The lowest BCUT2D eigenvalue weighted by atomic mass is 10.1. The summed E-state index contributed by atoms with van der Waals surface area (Å²) >= 11 is 0. The Morgan fingerprint density at radius 1 is 0.667 bits per heavy atom. The molecule has 9 heteroatoms. The van der Waals surface area contributed by atoms with Crippen molar-refractivity contribution in [3.05, 3.63) is 46.1 Å². The average molecular weight is 752 g/mol. The van der Waals surface area contributed by atoms with Crippen molar-refractivity contribution in [2.45, 2.75) is 175 Å². The predicted octanol–water partition coefficient (Wildman–Crippen LogP) is 11.5. The van der Waals surface area contributed by atoms with Crippen molar-refractivity contribution in [2.24, 2.45) is 0 Å². The third-order valence-corrected chi connectivity index (χ3v) is 9.93. The zero-order chi connectivity index (χ0) is 38.6. The van der Waals surface area contributed by atoms with Crippen LogP contribution in [-0.2, 0) is 23.8 Å². The minimum absolute atomic E-state index is 0.0554. The summed E-state index contributed by atoms with van der Waals surface area (Å²) < 4.78 is 29.2. The molecule has 0 amide bonds. The molecule has 0 saturated heterocycles. The topological polar surface area (TPSA) is 114 Å². The number of nitrogens with zero attached hydrogens (tertiary/aromatic N) is 1. The number of aryl methyl sites for hydroxylation is 1. The second-order valence-corrected chi connectivity index (χ2v) is 14.8. The van der Waals surface area contributed by atoms with Crippen molar-refractivity contribution in [3.63, 3.8) is 0 Å². The molecule has 1 heterocycles. The van der Waals surface area contributed by atoms with Gasteiger partial charge in [-0.15, -0.1) is 0 Å². The maximum atomic E-state index is 12.7. The van der Waals surface area contributed by atoms with Gasteiger partial charge in [-0.25, -0.2) is 4.98 Å². The van der Waals surface area contributed by atoms with Gasteiger partial charge in [-0.05, 0) is 50.5 Å². The smallest absolute Gasteiger partial charge is 0.311 e. The fourth-order valence-electron chi connectivity index (χ4n) is 6.59. The Bertz CT molecular complexity index is 1490. The van der Waals surface area contributed by atoms with Gasteiger partial charge in [0.05, 0.1) is 6.61 Å². The summed E-state index contributed by atoms with van der Waals surface area (Å²) in [5.41, 5.74) is 2.04. The van der Waals surface area contributed by atoms with Crippen LogP contribution in [0.5, 0.6) is 5.75 Å². The number of rotatable bonds is 32. The van der Waals surface area contributed by atoms with Crippen LogP contribution in [-0.4, -0.2) is 49.5 Å². The van der Waals surface area contributed by atoms with Gasteiger partial charge < -0.3 is 23.4 Å². The summed E-state index contributed by atoms with van der Waals surface area (Å²) in [6.07, 6.45) is 25.6. The zero-order valence-corrected chi connectivity index (χ0v) is 33.8. The lowest BCUT2D eigenvalue weighted by Gasteiger charge is -2.18. The second kappa shape index (κ2) is 28.2. The van der Waals surface area contributed by atoms with Gasteiger partial charge in [-0.2, -0.15) is 0 Å². The maximum Gasteiger partial charge on any atom is 0.311 e. The molecule has 0 aromatic heterocycles. The number of hydrogen-bond acceptors (Lipinski definition) is 9.